The van der Waals surface area contributed by atoms with Crippen LogP contribution in [0.3, 0.4) is 0 Å². The number of aromatic nitrogens is 4. The lowest BCUT2D eigenvalue weighted by Gasteiger charge is -2.61. The molecule has 0 atom stereocenters. The van der Waals surface area contributed by atoms with Gasteiger partial charge in [-0.1, -0.05) is 103 Å². The lowest BCUT2D eigenvalue weighted by molar-refractivity contribution is -0.0399. The molecular formula is C48H38N4. The molecule has 4 fully saturated rings. The zero-order valence-electron chi connectivity index (χ0n) is 29.0. The van der Waals surface area contributed by atoms with Gasteiger partial charge in [-0.05, 0) is 126 Å². The summed E-state index contributed by atoms with van der Waals surface area (Å²) < 4.78 is 0. The molecule has 0 amide bonds. The average Bonchev–Trinajstić information content (AvgIpc) is 3.50. The highest BCUT2D eigenvalue weighted by Gasteiger charge is 2.61. The largest absolute Gasteiger partial charge is 0.256 e. The van der Waals surface area contributed by atoms with Crippen molar-refractivity contribution >= 4 is 0 Å². The Bertz CT molecular complexity index is 2390. The predicted octanol–water partition coefficient (Wildman–Crippen LogP) is 11.3. The number of pyridine rings is 1. The lowest BCUT2D eigenvalue weighted by atomic mass is 9.43. The molecule has 4 bridgehead atoms. The Hall–Kier alpha value is -5.74. The van der Waals surface area contributed by atoms with Crippen LogP contribution in [0.15, 0.2) is 146 Å². The predicted molar refractivity (Wildman–Crippen MR) is 208 cm³/mol. The van der Waals surface area contributed by atoms with E-state index in [0.717, 1.165) is 57.2 Å². The highest BCUT2D eigenvalue weighted by molar-refractivity contribution is 5.86. The summed E-state index contributed by atoms with van der Waals surface area (Å²) in [6.07, 6.45) is 8.81. The summed E-state index contributed by atoms with van der Waals surface area (Å²) in [5.41, 5.74) is 13.4. The first-order chi connectivity index (χ1) is 25.7. The molecule has 0 aliphatic heterocycles. The third kappa shape index (κ3) is 4.60. The van der Waals surface area contributed by atoms with E-state index in [1.165, 1.54) is 48.8 Å². The van der Waals surface area contributed by atoms with Crippen LogP contribution in [-0.4, -0.2) is 19.9 Å². The summed E-state index contributed by atoms with van der Waals surface area (Å²) in [4.78, 5) is 20.0. The van der Waals surface area contributed by atoms with Crippen molar-refractivity contribution in [2.45, 2.75) is 37.5 Å². The Morgan fingerprint density at radius 3 is 1.62 bits per heavy atom. The third-order valence-corrected chi connectivity index (χ3v) is 12.7. The summed E-state index contributed by atoms with van der Waals surface area (Å²) in [6, 6.07) is 50.0. The van der Waals surface area contributed by atoms with Crippen molar-refractivity contribution in [2.75, 3.05) is 0 Å². The monoisotopic (exact) mass is 670 g/mol. The zero-order valence-corrected chi connectivity index (χ0v) is 29.0. The molecule has 0 N–H and O–H groups in total. The van der Waals surface area contributed by atoms with Gasteiger partial charge in [0.15, 0.2) is 17.5 Å². The van der Waals surface area contributed by atoms with Gasteiger partial charge in [-0.15, -0.1) is 0 Å². The second kappa shape index (κ2) is 11.6. The van der Waals surface area contributed by atoms with Crippen LogP contribution < -0.4 is 0 Å². The van der Waals surface area contributed by atoms with Gasteiger partial charge < -0.3 is 0 Å². The van der Waals surface area contributed by atoms with Crippen LogP contribution in [0, 0.1) is 23.7 Å². The Balaban J connectivity index is 1.11. The maximum atomic E-state index is 5.13. The van der Waals surface area contributed by atoms with Gasteiger partial charge in [-0.25, -0.2) is 15.0 Å². The van der Waals surface area contributed by atoms with Crippen molar-refractivity contribution in [3.63, 3.8) is 0 Å². The van der Waals surface area contributed by atoms with Crippen LogP contribution in [0.4, 0.5) is 0 Å². The summed E-state index contributed by atoms with van der Waals surface area (Å²) in [5, 5.41) is 0. The summed E-state index contributed by atoms with van der Waals surface area (Å²) >= 11 is 0. The van der Waals surface area contributed by atoms with Gasteiger partial charge in [0.05, 0.1) is 5.69 Å². The van der Waals surface area contributed by atoms with E-state index in [1.807, 2.05) is 48.7 Å². The van der Waals surface area contributed by atoms with E-state index in [1.54, 1.807) is 11.1 Å². The number of rotatable bonds is 5. The minimum Gasteiger partial charge on any atom is -0.256 e. The number of benzene rings is 5. The molecule has 0 saturated heterocycles. The maximum absolute atomic E-state index is 5.13. The van der Waals surface area contributed by atoms with Crippen LogP contribution in [0.1, 0.15) is 43.2 Å². The van der Waals surface area contributed by atoms with Crippen molar-refractivity contribution in [3.8, 4) is 67.7 Å². The second-order valence-electron chi connectivity index (χ2n) is 15.5. The van der Waals surface area contributed by atoms with E-state index in [9.17, 15) is 0 Å². The third-order valence-electron chi connectivity index (χ3n) is 12.7. The van der Waals surface area contributed by atoms with Gasteiger partial charge in [0.2, 0.25) is 0 Å². The van der Waals surface area contributed by atoms with Gasteiger partial charge in [0.25, 0.3) is 0 Å². The molecule has 5 aromatic carbocycles. The van der Waals surface area contributed by atoms with Gasteiger partial charge in [0, 0.05) is 33.9 Å². The Morgan fingerprint density at radius 1 is 0.404 bits per heavy atom. The zero-order chi connectivity index (χ0) is 34.2. The Kier molecular flexibility index (Phi) is 6.70. The van der Waals surface area contributed by atoms with E-state index in [-0.39, 0.29) is 5.41 Å². The molecule has 4 saturated carbocycles. The average molecular weight is 671 g/mol. The molecule has 250 valence electrons. The van der Waals surface area contributed by atoms with Gasteiger partial charge in [-0.3, -0.25) is 4.98 Å². The topological polar surface area (TPSA) is 51.6 Å². The molecule has 2 aromatic heterocycles. The van der Waals surface area contributed by atoms with E-state index in [0.29, 0.717) is 17.5 Å². The Labute approximate surface area is 304 Å². The first-order valence-corrected chi connectivity index (χ1v) is 18.9. The smallest absolute Gasteiger partial charge is 0.164 e. The summed E-state index contributed by atoms with van der Waals surface area (Å²) in [7, 11) is 0. The van der Waals surface area contributed by atoms with Crippen molar-refractivity contribution in [3.05, 3.63) is 157 Å². The molecule has 4 heteroatoms. The lowest BCUT2D eigenvalue weighted by Crippen LogP contribution is -2.55. The molecule has 12 rings (SSSR count). The molecule has 7 aromatic rings. The molecule has 5 aliphatic carbocycles. The number of nitrogens with zero attached hydrogens (tertiary/aromatic N) is 4. The van der Waals surface area contributed by atoms with Crippen molar-refractivity contribution in [2.24, 2.45) is 23.7 Å². The van der Waals surface area contributed by atoms with Crippen molar-refractivity contribution in [1.29, 1.82) is 0 Å². The highest BCUT2D eigenvalue weighted by Crippen LogP contribution is 2.69. The molecule has 2 heterocycles. The minimum absolute atomic E-state index is 0.111. The molecular weight excluding hydrogens is 633 g/mol. The SMILES string of the molecule is c1ccc(-c2nc(-c3ccccc3)nc(-c3cc(-c4ccc5c(c4)C4(c6ccccc6-5)C5CC6CC(C5)CC4C6)cc(-c4ccccn4)c3)n2)cc1. The molecule has 52 heavy (non-hydrogen) atoms. The highest BCUT2D eigenvalue weighted by atomic mass is 15.0. The fraction of sp³-hybridized carbons (Fsp3) is 0.208. The molecule has 5 aliphatic rings. The van der Waals surface area contributed by atoms with Crippen molar-refractivity contribution in [1.82, 2.24) is 19.9 Å². The Morgan fingerprint density at radius 2 is 0.962 bits per heavy atom. The van der Waals surface area contributed by atoms with Crippen LogP contribution in [-0.2, 0) is 5.41 Å². The molecule has 4 nitrogen and oxygen atoms in total. The van der Waals surface area contributed by atoms with Crippen LogP contribution in [0.5, 0.6) is 0 Å². The van der Waals surface area contributed by atoms with Gasteiger partial charge in [0.1, 0.15) is 0 Å². The maximum Gasteiger partial charge on any atom is 0.164 e. The quantitative estimate of drug-likeness (QED) is 0.183. The minimum atomic E-state index is 0.111. The van der Waals surface area contributed by atoms with Crippen LogP contribution >= 0.6 is 0 Å². The molecule has 1 spiro atoms. The van der Waals surface area contributed by atoms with Crippen LogP contribution in [0.25, 0.3) is 67.7 Å². The van der Waals surface area contributed by atoms with Crippen LogP contribution in [0.2, 0.25) is 0 Å². The van der Waals surface area contributed by atoms with E-state index >= 15 is 0 Å². The summed E-state index contributed by atoms with van der Waals surface area (Å²) in [5.74, 6) is 5.23. The van der Waals surface area contributed by atoms with E-state index in [2.05, 4.69) is 97.1 Å². The second-order valence-corrected chi connectivity index (χ2v) is 15.5. The number of hydrogen-bond acceptors (Lipinski definition) is 4. The van der Waals surface area contributed by atoms with Gasteiger partial charge in [-0.2, -0.15) is 0 Å². The normalized spacial score (nSPS) is 23.5. The molecule has 0 radical (unpaired) electrons. The number of hydrogen-bond donors (Lipinski definition) is 0. The number of fused-ring (bicyclic) bond motifs is 3. The van der Waals surface area contributed by atoms with E-state index < -0.39 is 0 Å². The summed E-state index contributed by atoms with van der Waals surface area (Å²) in [6.45, 7) is 0. The fourth-order valence-corrected chi connectivity index (χ4v) is 10.9. The van der Waals surface area contributed by atoms with E-state index in [4.69, 9.17) is 19.9 Å². The fourth-order valence-electron chi connectivity index (χ4n) is 10.9. The first-order valence-electron chi connectivity index (χ1n) is 18.9. The van der Waals surface area contributed by atoms with Crippen molar-refractivity contribution < 1.29 is 0 Å². The molecule has 0 unspecified atom stereocenters. The standard InChI is InChI=1S/C48H38N4/c1-3-11-32(12-4-1)45-50-46(33-13-5-2-6-14-33)52-47(51-45)37-27-35(26-36(28-37)44-17-9-10-20-49-44)34-18-19-41-40-15-7-8-16-42(40)48(43(41)29-34)38-22-30-21-31(24-38)25-39(48)23-30/h1-20,26-31,38-39H,21-25H2. The first kappa shape index (κ1) is 29.9. The van der Waals surface area contributed by atoms with Gasteiger partial charge >= 0.3 is 0 Å².